The Hall–Kier alpha value is -1.06. The first kappa shape index (κ1) is 15.0. The lowest BCUT2D eigenvalue weighted by Crippen LogP contribution is -2.33. The second kappa shape index (κ2) is 6.21. The van der Waals surface area contributed by atoms with Gasteiger partial charge in [-0.15, -0.1) is 0 Å². The van der Waals surface area contributed by atoms with Crippen molar-refractivity contribution in [3.8, 4) is 5.75 Å². The van der Waals surface area contributed by atoms with Crippen molar-refractivity contribution in [3.05, 3.63) is 29.8 Å². The third-order valence-corrected chi connectivity index (χ3v) is 2.91. The molecule has 0 bridgehead atoms. The minimum Gasteiger partial charge on any atom is -0.464 e. The molecule has 0 aliphatic heterocycles. The molecule has 0 saturated heterocycles. The van der Waals surface area contributed by atoms with Gasteiger partial charge in [-0.3, -0.25) is 0 Å². The molecular weight excluding hydrogens is 226 g/mol. The number of ether oxygens (including phenoxy) is 2. The number of methoxy groups -OCH3 is 1. The van der Waals surface area contributed by atoms with Crippen LogP contribution in [0, 0.1) is 5.41 Å². The van der Waals surface area contributed by atoms with E-state index >= 15 is 0 Å². The smallest absolute Gasteiger partial charge is 0.204 e. The molecular formula is C15H25NO2. The first-order valence-corrected chi connectivity index (χ1v) is 6.43. The molecule has 0 saturated carbocycles. The molecule has 2 unspecified atom stereocenters. The van der Waals surface area contributed by atoms with E-state index in [2.05, 4.69) is 27.7 Å². The van der Waals surface area contributed by atoms with Gasteiger partial charge in [-0.1, -0.05) is 39.8 Å². The monoisotopic (exact) mass is 251 g/mol. The van der Waals surface area contributed by atoms with E-state index in [0.29, 0.717) is 0 Å². The third kappa shape index (κ3) is 4.00. The van der Waals surface area contributed by atoms with Crippen LogP contribution in [-0.2, 0) is 4.74 Å². The zero-order chi connectivity index (χ0) is 13.8. The van der Waals surface area contributed by atoms with Gasteiger partial charge in [0.25, 0.3) is 0 Å². The van der Waals surface area contributed by atoms with Crippen molar-refractivity contribution in [2.75, 3.05) is 7.11 Å². The largest absolute Gasteiger partial charge is 0.464 e. The minimum atomic E-state index is -0.261. The molecule has 1 rings (SSSR count). The average molecular weight is 251 g/mol. The maximum absolute atomic E-state index is 5.98. The lowest BCUT2D eigenvalue weighted by molar-refractivity contribution is -0.120. The fourth-order valence-corrected chi connectivity index (χ4v) is 1.73. The molecule has 0 amide bonds. The Kier molecular flexibility index (Phi) is 5.17. The van der Waals surface area contributed by atoms with E-state index < -0.39 is 0 Å². The van der Waals surface area contributed by atoms with Gasteiger partial charge < -0.3 is 15.2 Å². The summed E-state index contributed by atoms with van der Waals surface area (Å²) in [7, 11) is 1.66. The normalized spacial score (nSPS) is 15.2. The maximum atomic E-state index is 5.98. The topological polar surface area (TPSA) is 44.5 Å². The number of hydrogen-bond acceptors (Lipinski definition) is 3. The molecule has 18 heavy (non-hydrogen) atoms. The molecule has 102 valence electrons. The Morgan fingerprint density at radius 2 is 1.72 bits per heavy atom. The highest BCUT2D eigenvalue weighted by Crippen LogP contribution is 2.26. The molecule has 0 radical (unpaired) electrons. The lowest BCUT2D eigenvalue weighted by atomic mass is 9.96. The molecule has 3 nitrogen and oxygen atoms in total. The van der Waals surface area contributed by atoms with E-state index in [1.807, 2.05) is 24.3 Å². The Bertz CT molecular complexity index is 354. The van der Waals surface area contributed by atoms with E-state index in [0.717, 1.165) is 17.7 Å². The molecule has 2 atom stereocenters. The van der Waals surface area contributed by atoms with Crippen LogP contribution < -0.4 is 10.5 Å². The van der Waals surface area contributed by atoms with Gasteiger partial charge in [0.1, 0.15) is 5.75 Å². The lowest BCUT2D eigenvalue weighted by Gasteiger charge is -2.29. The van der Waals surface area contributed by atoms with Crippen molar-refractivity contribution in [3.63, 3.8) is 0 Å². The van der Waals surface area contributed by atoms with Crippen LogP contribution in [0.1, 0.15) is 45.7 Å². The van der Waals surface area contributed by atoms with Crippen LogP contribution in [0.4, 0.5) is 0 Å². The number of nitrogens with two attached hydrogens (primary N) is 1. The van der Waals surface area contributed by atoms with Crippen molar-refractivity contribution in [2.24, 2.45) is 11.1 Å². The number of hydrogen-bond donors (Lipinski definition) is 1. The highest BCUT2D eigenvalue weighted by molar-refractivity contribution is 5.29. The van der Waals surface area contributed by atoms with Gasteiger partial charge in [-0.05, 0) is 24.1 Å². The van der Waals surface area contributed by atoms with Crippen molar-refractivity contribution < 1.29 is 9.47 Å². The number of benzene rings is 1. The van der Waals surface area contributed by atoms with E-state index in [1.165, 1.54) is 0 Å². The van der Waals surface area contributed by atoms with Crippen LogP contribution in [0.5, 0.6) is 5.75 Å². The van der Waals surface area contributed by atoms with Crippen molar-refractivity contribution in [1.29, 1.82) is 0 Å². The first-order valence-electron chi connectivity index (χ1n) is 6.43. The molecule has 2 N–H and O–H groups in total. The van der Waals surface area contributed by atoms with E-state index in [9.17, 15) is 0 Å². The molecule has 0 aromatic heterocycles. The molecule has 0 heterocycles. The Labute approximate surface area is 110 Å². The number of rotatable bonds is 5. The highest BCUT2D eigenvalue weighted by atomic mass is 16.7. The second-order valence-electron chi connectivity index (χ2n) is 5.64. The van der Waals surface area contributed by atoms with E-state index in [1.54, 1.807) is 7.11 Å². The van der Waals surface area contributed by atoms with Crippen molar-refractivity contribution in [1.82, 2.24) is 0 Å². The summed E-state index contributed by atoms with van der Waals surface area (Å²) in [6.07, 6.45) is 0.672. The zero-order valence-electron chi connectivity index (χ0n) is 12.1. The van der Waals surface area contributed by atoms with Crippen molar-refractivity contribution in [2.45, 2.75) is 46.4 Å². The average Bonchev–Trinajstić information content (AvgIpc) is 2.34. The molecule has 0 aliphatic carbocycles. The molecule has 1 aromatic rings. The predicted octanol–water partition coefficient (Wildman–Crippen LogP) is 3.49. The summed E-state index contributed by atoms with van der Waals surface area (Å²) in [6.45, 7) is 8.34. The standard InChI is InChI=1S/C15H25NO2/c1-6-13(16)11-7-9-12(10-8-11)18-14(17-5)15(2,3)4/h7-10,13-14H,6,16H2,1-5H3. The highest BCUT2D eigenvalue weighted by Gasteiger charge is 2.26. The Balaban J connectivity index is 2.74. The quantitative estimate of drug-likeness (QED) is 0.815. The van der Waals surface area contributed by atoms with Crippen LogP contribution >= 0.6 is 0 Å². The van der Waals surface area contributed by atoms with Gasteiger partial charge in [-0.25, -0.2) is 0 Å². The summed E-state index contributed by atoms with van der Waals surface area (Å²) in [6, 6.07) is 8.02. The van der Waals surface area contributed by atoms with E-state index in [4.69, 9.17) is 15.2 Å². The fraction of sp³-hybridized carbons (Fsp3) is 0.600. The second-order valence-corrected chi connectivity index (χ2v) is 5.64. The van der Waals surface area contributed by atoms with Gasteiger partial charge in [0, 0.05) is 18.6 Å². The fourth-order valence-electron chi connectivity index (χ4n) is 1.73. The van der Waals surface area contributed by atoms with Gasteiger partial charge in [0.05, 0.1) is 0 Å². The van der Waals surface area contributed by atoms with Crippen LogP contribution in [0.2, 0.25) is 0 Å². The minimum absolute atomic E-state index is 0.0623. The Morgan fingerprint density at radius 1 is 1.17 bits per heavy atom. The van der Waals surface area contributed by atoms with Gasteiger partial charge >= 0.3 is 0 Å². The molecule has 0 aliphatic rings. The summed E-state index contributed by atoms with van der Waals surface area (Å²) < 4.78 is 11.2. The van der Waals surface area contributed by atoms with Crippen LogP contribution in [0.3, 0.4) is 0 Å². The summed E-state index contributed by atoms with van der Waals surface area (Å²) in [5, 5.41) is 0. The summed E-state index contributed by atoms with van der Waals surface area (Å²) in [5.41, 5.74) is 7.05. The van der Waals surface area contributed by atoms with Gasteiger partial charge in [0.2, 0.25) is 6.29 Å². The maximum Gasteiger partial charge on any atom is 0.204 e. The molecule has 0 fully saturated rings. The third-order valence-electron chi connectivity index (χ3n) is 2.91. The van der Waals surface area contributed by atoms with Gasteiger partial charge in [0.15, 0.2) is 0 Å². The van der Waals surface area contributed by atoms with Crippen LogP contribution in [0.15, 0.2) is 24.3 Å². The first-order chi connectivity index (χ1) is 8.38. The predicted molar refractivity (Wildman–Crippen MR) is 74.5 cm³/mol. The zero-order valence-corrected chi connectivity index (χ0v) is 12.1. The summed E-state index contributed by atoms with van der Waals surface area (Å²) in [5.74, 6) is 0.809. The summed E-state index contributed by atoms with van der Waals surface area (Å²) >= 11 is 0. The van der Waals surface area contributed by atoms with Crippen LogP contribution in [-0.4, -0.2) is 13.4 Å². The SMILES string of the molecule is CCC(N)c1ccc(OC(OC)C(C)(C)C)cc1. The van der Waals surface area contributed by atoms with Crippen molar-refractivity contribution >= 4 is 0 Å². The molecule has 1 aromatic carbocycles. The molecule has 0 spiro atoms. The molecule has 3 heteroatoms. The van der Waals surface area contributed by atoms with E-state index in [-0.39, 0.29) is 17.7 Å². The summed E-state index contributed by atoms with van der Waals surface area (Å²) in [4.78, 5) is 0. The van der Waals surface area contributed by atoms with Crippen LogP contribution in [0.25, 0.3) is 0 Å². The Morgan fingerprint density at radius 3 is 2.11 bits per heavy atom. The van der Waals surface area contributed by atoms with Gasteiger partial charge in [-0.2, -0.15) is 0 Å².